The highest BCUT2D eigenvalue weighted by Gasteiger charge is 2.17. The van der Waals surface area contributed by atoms with Crippen LogP contribution in [0.25, 0.3) is 0 Å². The minimum absolute atomic E-state index is 0.00495. The fourth-order valence-electron chi connectivity index (χ4n) is 3.83. The Kier molecular flexibility index (Phi) is 5.68. The van der Waals surface area contributed by atoms with Crippen molar-refractivity contribution in [2.24, 2.45) is 0 Å². The molecule has 2 aromatic rings. The second-order valence-corrected chi connectivity index (χ2v) is 7.18. The van der Waals surface area contributed by atoms with Crippen LogP contribution in [0.4, 0.5) is 0 Å². The van der Waals surface area contributed by atoms with Crippen LogP contribution in [0.15, 0.2) is 0 Å². The minimum Gasteiger partial charge on any atom is -0.356 e. The van der Waals surface area contributed by atoms with Crippen molar-refractivity contribution in [2.75, 3.05) is 6.54 Å². The van der Waals surface area contributed by atoms with Gasteiger partial charge in [-0.05, 0) is 52.5 Å². The Hall–Kier alpha value is -2.57. The number of rotatable bonds is 7. The van der Waals surface area contributed by atoms with Crippen LogP contribution in [0.2, 0.25) is 0 Å². The van der Waals surface area contributed by atoms with Crippen LogP contribution >= 0.6 is 0 Å². The molecule has 0 unspecified atom stereocenters. The molecule has 0 saturated heterocycles. The molecule has 3 rings (SSSR count). The summed E-state index contributed by atoms with van der Waals surface area (Å²) < 4.78 is 1.73. The largest absolute Gasteiger partial charge is 0.356 e. The summed E-state index contributed by atoms with van der Waals surface area (Å²) in [5, 5.41) is 7.30. The SMILES string of the molecule is CC(=O)c1c(C)nn(CCC(=O)NCCc2nc(C)c3c(n2)CCC3)c1C. The second kappa shape index (κ2) is 7.98. The molecule has 1 amide bonds. The van der Waals surface area contributed by atoms with Gasteiger partial charge in [-0.2, -0.15) is 5.10 Å². The number of carbonyl (C=O) groups is 2. The smallest absolute Gasteiger partial charge is 0.221 e. The third-order valence-electron chi connectivity index (χ3n) is 5.14. The summed E-state index contributed by atoms with van der Waals surface area (Å²) in [5.41, 5.74) is 5.73. The molecule has 0 aliphatic heterocycles. The fraction of sp³-hybridized carbons (Fsp3) is 0.550. The van der Waals surface area contributed by atoms with Crippen molar-refractivity contribution in [1.29, 1.82) is 0 Å². The van der Waals surface area contributed by atoms with Crippen molar-refractivity contribution in [2.45, 2.75) is 66.3 Å². The van der Waals surface area contributed by atoms with Crippen LogP contribution < -0.4 is 5.32 Å². The first-order valence-corrected chi connectivity index (χ1v) is 9.53. The van der Waals surface area contributed by atoms with Gasteiger partial charge in [0.05, 0.1) is 11.3 Å². The number of ketones is 1. The molecule has 0 aromatic carbocycles. The standard InChI is InChI=1S/C20H27N5O2/c1-12-16-6-5-7-17(16)23-18(22-12)8-10-21-19(27)9-11-25-14(3)20(15(4)26)13(2)24-25/h5-11H2,1-4H3,(H,21,27). The topological polar surface area (TPSA) is 89.8 Å². The van der Waals surface area contributed by atoms with Gasteiger partial charge in [-0.15, -0.1) is 0 Å². The molecule has 1 aliphatic carbocycles. The summed E-state index contributed by atoms with van der Waals surface area (Å²) in [6.07, 6.45) is 4.22. The van der Waals surface area contributed by atoms with E-state index in [2.05, 4.69) is 20.4 Å². The zero-order valence-electron chi connectivity index (χ0n) is 16.6. The third-order valence-corrected chi connectivity index (χ3v) is 5.14. The number of nitrogens with one attached hydrogen (secondary N) is 1. The molecule has 1 N–H and O–H groups in total. The summed E-state index contributed by atoms with van der Waals surface area (Å²) in [4.78, 5) is 33.0. The van der Waals surface area contributed by atoms with Crippen molar-refractivity contribution in [3.63, 3.8) is 0 Å². The third kappa shape index (κ3) is 4.23. The number of nitrogens with zero attached hydrogens (tertiary/aromatic N) is 4. The number of aromatic nitrogens is 4. The monoisotopic (exact) mass is 369 g/mol. The molecule has 1 aliphatic rings. The lowest BCUT2D eigenvalue weighted by Gasteiger charge is -2.09. The van der Waals surface area contributed by atoms with E-state index < -0.39 is 0 Å². The van der Waals surface area contributed by atoms with E-state index in [1.807, 2.05) is 20.8 Å². The lowest BCUT2D eigenvalue weighted by atomic mass is 10.1. The van der Waals surface area contributed by atoms with Gasteiger partial charge in [0.15, 0.2) is 5.78 Å². The molecule has 27 heavy (non-hydrogen) atoms. The lowest BCUT2D eigenvalue weighted by Crippen LogP contribution is -2.27. The highest BCUT2D eigenvalue weighted by Crippen LogP contribution is 2.22. The number of Topliss-reactive ketones (excluding diaryl/α,β-unsaturated/α-hetero) is 1. The van der Waals surface area contributed by atoms with Gasteiger partial charge in [0.1, 0.15) is 5.82 Å². The molecular weight excluding hydrogens is 342 g/mol. The van der Waals surface area contributed by atoms with E-state index in [9.17, 15) is 9.59 Å². The average molecular weight is 369 g/mol. The van der Waals surface area contributed by atoms with Crippen LogP contribution in [0.1, 0.15) is 64.3 Å². The van der Waals surface area contributed by atoms with E-state index in [1.165, 1.54) is 18.2 Å². The first kappa shape index (κ1) is 19.2. The number of hydrogen-bond donors (Lipinski definition) is 1. The number of amides is 1. The van der Waals surface area contributed by atoms with Crippen molar-refractivity contribution in [1.82, 2.24) is 25.1 Å². The van der Waals surface area contributed by atoms with E-state index in [1.54, 1.807) is 4.68 Å². The van der Waals surface area contributed by atoms with Crippen molar-refractivity contribution in [3.8, 4) is 0 Å². The van der Waals surface area contributed by atoms with Gasteiger partial charge in [0, 0.05) is 43.0 Å². The predicted octanol–water partition coefficient (Wildman–Crippen LogP) is 2.04. The molecule has 0 saturated carbocycles. The maximum absolute atomic E-state index is 12.1. The zero-order valence-corrected chi connectivity index (χ0v) is 16.6. The Bertz CT molecular complexity index is 885. The van der Waals surface area contributed by atoms with Crippen LogP contribution in [-0.2, 0) is 30.6 Å². The number of hydrogen-bond acceptors (Lipinski definition) is 5. The Labute approximate surface area is 159 Å². The first-order chi connectivity index (χ1) is 12.9. The average Bonchev–Trinajstić information content (AvgIpc) is 3.17. The predicted molar refractivity (Wildman–Crippen MR) is 102 cm³/mol. The maximum Gasteiger partial charge on any atom is 0.221 e. The van der Waals surface area contributed by atoms with Crippen LogP contribution in [0.3, 0.4) is 0 Å². The molecule has 0 radical (unpaired) electrons. The molecular formula is C20H27N5O2. The van der Waals surface area contributed by atoms with Gasteiger partial charge in [0.25, 0.3) is 0 Å². The van der Waals surface area contributed by atoms with Crippen molar-refractivity contribution < 1.29 is 9.59 Å². The molecule has 7 heteroatoms. The molecule has 2 heterocycles. The molecule has 2 aromatic heterocycles. The first-order valence-electron chi connectivity index (χ1n) is 9.53. The summed E-state index contributed by atoms with van der Waals surface area (Å²) in [7, 11) is 0. The maximum atomic E-state index is 12.1. The van der Waals surface area contributed by atoms with E-state index in [0.717, 1.165) is 36.5 Å². The van der Waals surface area contributed by atoms with E-state index in [4.69, 9.17) is 0 Å². The zero-order chi connectivity index (χ0) is 19.6. The van der Waals surface area contributed by atoms with E-state index >= 15 is 0 Å². The van der Waals surface area contributed by atoms with Crippen molar-refractivity contribution >= 4 is 11.7 Å². The van der Waals surface area contributed by atoms with Gasteiger partial charge in [0.2, 0.25) is 5.91 Å². The Morgan fingerprint density at radius 1 is 1.11 bits per heavy atom. The summed E-state index contributed by atoms with van der Waals surface area (Å²) >= 11 is 0. The van der Waals surface area contributed by atoms with Gasteiger partial charge in [-0.3, -0.25) is 14.3 Å². The molecule has 0 atom stereocenters. The van der Waals surface area contributed by atoms with E-state index in [0.29, 0.717) is 37.2 Å². The number of carbonyl (C=O) groups excluding carboxylic acids is 2. The normalized spacial score (nSPS) is 12.9. The highest BCUT2D eigenvalue weighted by atomic mass is 16.1. The molecule has 7 nitrogen and oxygen atoms in total. The summed E-state index contributed by atoms with van der Waals surface area (Å²) in [6, 6.07) is 0. The molecule has 144 valence electrons. The molecule has 0 spiro atoms. The van der Waals surface area contributed by atoms with Gasteiger partial charge in [-0.25, -0.2) is 9.97 Å². The molecule has 0 fully saturated rings. The van der Waals surface area contributed by atoms with Crippen LogP contribution in [0, 0.1) is 20.8 Å². The Balaban J connectivity index is 1.49. The lowest BCUT2D eigenvalue weighted by molar-refractivity contribution is -0.121. The van der Waals surface area contributed by atoms with Gasteiger partial charge in [-0.1, -0.05) is 0 Å². The minimum atomic E-state index is -0.0372. The highest BCUT2D eigenvalue weighted by molar-refractivity contribution is 5.96. The van der Waals surface area contributed by atoms with Crippen LogP contribution in [-0.4, -0.2) is 38.0 Å². The Morgan fingerprint density at radius 3 is 2.59 bits per heavy atom. The fourth-order valence-corrected chi connectivity index (χ4v) is 3.83. The van der Waals surface area contributed by atoms with Crippen molar-refractivity contribution in [3.05, 3.63) is 39.7 Å². The van der Waals surface area contributed by atoms with Gasteiger partial charge < -0.3 is 5.32 Å². The Morgan fingerprint density at radius 2 is 1.89 bits per heavy atom. The summed E-state index contributed by atoms with van der Waals surface area (Å²) in [6.45, 7) is 8.24. The summed E-state index contributed by atoms with van der Waals surface area (Å²) in [5.74, 6) is 0.772. The quantitative estimate of drug-likeness (QED) is 0.754. The second-order valence-electron chi connectivity index (χ2n) is 7.18. The van der Waals surface area contributed by atoms with Crippen LogP contribution in [0.5, 0.6) is 0 Å². The number of aryl methyl sites for hydroxylation is 4. The molecule has 0 bridgehead atoms. The van der Waals surface area contributed by atoms with E-state index in [-0.39, 0.29) is 11.7 Å². The van der Waals surface area contributed by atoms with Gasteiger partial charge >= 0.3 is 0 Å². The number of fused-ring (bicyclic) bond motifs is 1.